The van der Waals surface area contributed by atoms with Gasteiger partial charge in [0, 0.05) is 18.0 Å². The zero-order valence-electron chi connectivity index (χ0n) is 19.7. The molecule has 0 N–H and O–H groups in total. The first kappa shape index (κ1) is 20.5. The predicted octanol–water partition coefficient (Wildman–Crippen LogP) is 5.27. The summed E-state index contributed by atoms with van der Waals surface area (Å²) in [6, 6.07) is 22.4. The third kappa shape index (κ3) is 3.11. The first-order valence-corrected chi connectivity index (χ1v) is 11.7. The Morgan fingerprint density at radius 3 is 2.47 bits per heavy atom. The van der Waals surface area contributed by atoms with Crippen molar-refractivity contribution in [3.05, 3.63) is 113 Å². The van der Waals surface area contributed by atoms with Gasteiger partial charge in [-0.25, -0.2) is 19.2 Å². The third-order valence-corrected chi connectivity index (χ3v) is 6.55. The van der Waals surface area contributed by atoms with Gasteiger partial charge in [0.25, 0.3) is 0 Å². The van der Waals surface area contributed by atoms with E-state index < -0.39 is 0 Å². The molecule has 6 aromatic rings. The molecule has 0 fully saturated rings. The number of aromatic nitrogens is 7. The van der Waals surface area contributed by atoms with Gasteiger partial charge in [0.2, 0.25) is 11.8 Å². The standard InChI is InChI=1S/C28H21N7O/c1-17-10-12-19(13-11-17)23-22-18(2)32-35(21-8-4-3-5-9-21)28(22)36-27-24(23)26-31-25(33-34(26)16-30-27)20-7-6-14-29-15-20/h3-16,23H,1-2H3. The summed E-state index contributed by atoms with van der Waals surface area (Å²) in [5.41, 5.74) is 7.52. The summed E-state index contributed by atoms with van der Waals surface area (Å²) in [5.74, 6) is 1.58. The SMILES string of the molecule is Cc1ccc(C2c3c(C)nn(-c4ccccc4)c3Oc3ncn4nc(-c5cccnc5)nc4c32)cc1. The van der Waals surface area contributed by atoms with Crippen molar-refractivity contribution in [3.63, 3.8) is 0 Å². The van der Waals surface area contributed by atoms with E-state index in [2.05, 4.69) is 41.2 Å². The normalized spacial score (nSPS) is 14.3. The maximum atomic E-state index is 6.48. The van der Waals surface area contributed by atoms with Crippen LogP contribution in [-0.4, -0.2) is 34.3 Å². The maximum absolute atomic E-state index is 6.48. The van der Waals surface area contributed by atoms with Gasteiger partial charge in [0.15, 0.2) is 11.5 Å². The minimum Gasteiger partial charge on any atom is -0.420 e. The summed E-state index contributed by atoms with van der Waals surface area (Å²) in [4.78, 5) is 13.8. The van der Waals surface area contributed by atoms with Gasteiger partial charge >= 0.3 is 0 Å². The average molecular weight is 472 g/mol. The van der Waals surface area contributed by atoms with Crippen molar-refractivity contribution in [2.24, 2.45) is 0 Å². The van der Waals surface area contributed by atoms with Crippen LogP contribution in [0.5, 0.6) is 11.8 Å². The van der Waals surface area contributed by atoms with Crippen molar-refractivity contribution in [3.8, 4) is 28.8 Å². The van der Waals surface area contributed by atoms with Crippen molar-refractivity contribution < 1.29 is 4.74 Å². The molecule has 174 valence electrons. The van der Waals surface area contributed by atoms with Gasteiger partial charge in [-0.05, 0) is 43.7 Å². The van der Waals surface area contributed by atoms with Crippen molar-refractivity contribution in [2.45, 2.75) is 19.8 Å². The fraction of sp³-hybridized carbons (Fsp3) is 0.107. The van der Waals surface area contributed by atoms with E-state index in [0.29, 0.717) is 23.2 Å². The molecule has 2 aromatic carbocycles. The molecule has 4 aromatic heterocycles. The zero-order chi connectivity index (χ0) is 24.2. The highest BCUT2D eigenvalue weighted by molar-refractivity contribution is 5.68. The van der Waals surface area contributed by atoms with Gasteiger partial charge < -0.3 is 4.74 Å². The lowest BCUT2D eigenvalue weighted by atomic mass is 9.84. The fourth-order valence-corrected chi connectivity index (χ4v) is 4.83. The van der Waals surface area contributed by atoms with Crippen LogP contribution in [0.15, 0.2) is 85.5 Å². The summed E-state index contributed by atoms with van der Waals surface area (Å²) in [5, 5.41) is 9.58. The molecular formula is C28H21N7O. The number of benzene rings is 2. The number of rotatable bonds is 3. The largest absolute Gasteiger partial charge is 0.420 e. The first-order valence-electron chi connectivity index (χ1n) is 11.7. The smallest absolute Gasteiger partial charge is 0.230 e. The highest BCUT2D eigenvalue weighted by atomic mass is 16.5. The van der Waals surface area contributed by atoms with Gasteiger partial charge in [0.1, 0.15) is 6.33 Å². The van der Waals surface area contributed by atoms with Crippen molar-refractivity contribution >= 4 is 5.65 Å². The van der Waals surface area contributed by atoms with E-state index in [4.69, 9.17) is 19.9 Å². The minimum absolute atomic E-state index is 0.177. The predicted molar refractivity (Wildman–Crippen MR) is 135 cm³/mol. The van der Waals surface area contributed by atoms with Crippen LogP contribution < -0.4 is 4.74 Å². The Hall–Kier alpha value is -4.85. The molecule has 8 heteroatoms. The van der Waals surface area contributed by atoms with Crippen molar-refractivity contribution in [1.29, 1.82) is 0 Å². The molecule has 0 saturated carbocycles. The number of pyridine rings is 1. The summed E-state index contributed by atoms with van der Waals surface area (Å²) < 4.78 is 10.0. The second-order valence-electron chi connectivity index (χ2n) is 8.91. The summed E-state index contributed by atoms with van der Waals surface area (Å²) in [7, 11) is 0. The number of fused-ring (bicyclic) bond motifs is 4. The Labute approximate surface area is 206 Å². The molecule has 1 aliphatic rings. The number of aryl methyl sites for hydroxylation is 2. The van der Waals surface area contributed by atoms with Gasteiger partial charge in [-0.1, -0.05) is 48.0 Å². The topological polar surface area (TPSA) is 83.0 Å². The fourth-order valence-electron chi connectivity index (χ4n) is 4.83. The number of hydrogen-bond donors (Lipinski definition) is 0. The zero-order valence-corrected chi connectivity index (χ0v) is 19.7. The van der Waals surface area contributed by atoms with Crippen LogP contribution >= 0.6 is 0 Å². The second kappa shape index (κ2) is 7.84. The molecule has 5 heterocycles. The monoisotopic (exact) mass is 471 g/mol. The van der Waals surface area contributed by atoms with Crippen LogP contribution in [0.25, 0.3) is 22.7 Å². The van der Waals surface area contributed by atoms with Gasteiger partial charge in [-0.15, -0.1) is 5.10 Å². The Morgan fingerprint density at radius 1 is 0.861 bits per heavy atom. The van der Waals surface area contributed by atoms with Gasteiger partial charge in [0.05, 0.1) is 28.4 Å². The Morgan fingerprint density at radius 2 is 1.69 bits per heavy atom. The molecule has 8 nitrogen and oxygen atoms in total. The maximum Gasteiger partial charge on any atom is 0.230 e. The molecule has 0 aliphatic carbocycles. The van der Waals surface area contributed by atoms with Crippen LogP contribution in [-0.2, 0) is 0 Å². The molecule has 36 heavy (non-hydrogen) atoms. The molecular weight excluding hydrogens is 450 g/mol. The molecule has 0 amide bonds. The molecule has 0 spiro atoms. The van der Waals surface area contributed by atoms with Crippen LogP contribution in [0, 0.1) is 13.8 Å². The van der Waals surface area contributed by atoms with E-state index in [1.807, 2.05) is 54.1 Å². The number of nitrogens with zero attached hydrogens (tertiary/aromatic N) is 7. The molecule has 1 aliphatic heterocycles. The van der Waals surface area contributed by atoms with E-state index in [-0.39, 0.29) is 5.92 Å². The third-order valence-electron chi connectivity index (χ3n) is 6.55. The molecule has 0 saturated heterocycles. The number of ether oxygens (including phenoxy) is 1. The van der Waals surface area contributed by atoms with Gasteiger partial charge in [-0.3, -0.25) is 4.98 Å². The van der Waals surface area contributed by atoms with E-state index in [1.54, 1.807) is 23.2 Å². The molecule has 0 bridgehead atoms. The van der Waals surface area contributed by atoms with Crippen LogP contribution in [0.3, 0.4) is 0 Å². The van der Waals surface area contributed by atoms with E-state index in [1.165, 1.54) is 5.56 Å². The average Bonchev–Trinajstić information content (AvgIpc) is 3.50. The summed E-state index contributed by atoms with van der Waals surface area (Å²) >= 11 is 0. The van der Waals surface area contributed by atoms with Gasteiger partial charge in [-0.2, -0.15) is 5.10 Å². The highest BCUT2D eigenvalue weighted by Gasteiger charge is 2.38. The molecule has 0 radical (unpaired) electrons. The van der Waals surface area contributed by atoms with Crippen LogP contribution in [0.2, 0.25) is 0 Å². The Kier molecular flexibility index (Phi) is 4.47. The lowest BCUT2D eigenvalue weighted by molar-refractivity contribution is 0.402. The second-order valence-corrected chi connectivity index (χ2v) is 8.91. The molecule has 1 unspecified atom stereocenters. The number of para-hydroxylation sites is 1. The van der Waals surface area contributed by atoms with E-state index in [0.717, 1.165) is 33.6 Å². The minimum atomic E-state index is -0.177. The quantitative estimate of drug-likeness (QED) is 0.349. The Bertz CT molecular complexity index is 1720. The summed E-state index contributed by atoms with van der Waals surface area (Å²) in [6.07, 6.45) is 5.14. The Balaban J connectivity index is 1.50. The van der Waals surface area contributed by atoms with Crippen molar-refractivity contribution in [1.82, 2.24) is 34.3 Å². The first-order chi connectivity index (χ1) is 17.7. The van der Waals surface area contributed by atoms with E-state index in [9.17, 15) is 0 Å². The van der Waals surface area contributed by atoms with Crippen molar-refractivity contribution in [2.75, 3.05) is 0 Å². The lowest BCUT2D eigenvalue weighted by Crippen LogP contribution is -2.16. The van der Waals surface area contributed by atoms with Crippen LogP contribution in [0.1, 0.15) is 33.9 Å². The molecule has 7 rings (SSSR count). The highest BCUT2D eigenvalue weighted by Crippen LogP contribution is 2.49. The molecule has 1 atom stereocenters. The van der Waals surface area contributed by atoms with E-state index >= 15 is 0 Å². The lowest BCUT2D eigenvalue weighted by Gasteiger charge is -2.26. The van der Waals surface area contributed by atoms with Crippen LogP contribution in [0.4, 0.5) is 0 Å². The number of hydrogen-bond acceptors (Lipinski definition) is 6. The summed E-state index contributed by atoms with van der Waals surface area (Å²) in [6.45, 7) is 4.11.